The number of ketones is 2. The maximum atomic E-state index is 13.8. The Hall–Kier alpha value is -1.79. The van der Waals surface area contributed by atoms with Crippen molar-refractivity contribution in [2.75, 3.05) is 25.2 Å². The molecule has 0 bridgehead atoms. The lowest BCUT2D eigenvalue weighted by Crippen LogP contribution is -2.36. The maximum absolute atomic E-state index is 13.8. The Labute approximate surface area is 112 Å². The fraction of sp³-hybridized carbons (Fsp3) is 0.250. The minimum atomic E-state index is -0.966. The van der Waals surface area contributed by atoms with Gasteiger partial charge in [0.2, 0.25) is 0 Å². The minimum absolute atomic E-state index is 0.0172. The second-order valence-corrected chi connectivity index (χ2v) is 4.35. The van der Waals surface area contributed by atoms with Crippen LogP contribution in [0.2, 0.25) is 5.02 Å². The lowest BCUT2D eigenvalue weighted by atomic mass is 10.1. The summed E-state index contributed by atoms with van der Waals surface area (Å²) in [6.45, 7) is -0.655. The van der Waals surface area contributed by atoms with Crippen LogP contribution in [0.15, 0.2) is 12.1 Å². The second kappa shape index (κ2) is 5.07. The van der Waals surface area contributed by atoms with Crippen molar-refractivity contribution >= 4 is 34.8 Å². The first-order chi connectivity index (χ1) is 8.97. The third-order valence-electron chi connectivity index (χ3n) is 2.65. The standard InChI is InChI=1S/C12H9ClFNO4/c1-19-5-6(16)4-15-10-8(14)3-2-7(13)9(10)11(17)12(15)18/h2-3H,4-5H2,1H3. The van der Waals surface area contributed by atoms with Crippen LogP contribution in [0.1, 0.15) is 10.4 Å². The molecule has 1 aliphatic heterocycles. The summed E-state index contributed by atoms with van der Waals surface area (Å²) in [6.07, 6.45) is 0. The number of hydrogen-bond acceptors (Lipinski definition) is 4. The van der Waals surface area contributed by atoms with Crippen molar-refractivity contribution in [2.45, 2.75) is 0 Å². The van der Waals surface area contributed by atoms with E-state index in [4.69, 9.17) is 11.6 Å². The van der Waals surface area contributed by atoms with Crippen molar-refractivity contribution in [1.82, 2.24) is 0 Å². The number of carbonyl (C=O) groups excluding carboxylic acids is 3. The molecule has 1 aromatic rings. The molecule has 0 radical (unpaired) electrons. The smallest absolute Gasteiger partial charge is 0.300 e. The molecule has 0 aliphatic carbocycles. The van der Waals surface area contributed by atoms with Crippen molar-refractivity contribution < 1.29 is 23.5 Å². The van der Waals surface area contributed by atoms with E-state index in [1.165, 1.54) is 13.2 Å². The molecule has 19 heavy (non-hydrogen) atoms. The summed E-state index contributed by atoms with van der Waals surface area (Å²) in [5, 5.41) is -0.0172. The number of benzene rings is 1. The van der Waals surface area contributed by atoms with Crippen LogP contribution in [-0.4, -0.2) is 37.7 Å². The summed E-state index contributed by atoms with van der Waals surface area (Å²) in [7, 11) is 1.32. The van der Waals surface area contributed by atoms with E-state index in [1.54, 1.807) is 0 Å². The van der Waals surface area contributed by atoms with Gasteiger partial charge in [-0.05, 0) is 12.1 Å². The molecule has 5 nitrogen and oxygen atoms in total. The lowest BCUT2D eigenvalue weighted by molar-refractivity contribution is -0.123. The molecule has 2 rings (SSSR count). The monoisotopic (exact) mass is 285 g/mol. The number of methoxy groups -OCH3 is 1. The minimum Gasteiger partial charge on any atom is -0.377 e. The zero-order valence-corrected chi connectivity index (χ0v) is 10.7. The third-order valence-corrected chi connectivity index (χ3v) is 2.97. The van der Waals surface area contributed by atoms with Crippen LogP contribution in [0.25, 0.3) is 0 Å². The zero-order valence-electron chi connectivity index (χ0n) is 9.91. The number of nitrogens with zero attached hydrogens (tertiary/aromatic N) is 1. The highest BCUT2D eigenvalue weighted by Crippen LogP contribution is 2.36. The van der Waals surface area contributed by atoms with Gasteiger partial charge in [0.15, 0.2) is 5.78 Å². The van der Waals surface area contributed by atoms with Gasteiger partial charge >= 0.3 is 0 Å². The molecule has 100 valence electrons. The summed E-state index contributed by atoms with van der Waals surface area (Å²) in [5.41, 5.74) is -0.441. The topological polar surface area (TPSA) is 63.7 Å². The molecule has 1 aromatic carbocycles. The van der Waals surface area contributed by atoms with E-state index < -0.39 is 29.8 Å². The van der Waals surface area contributed by atoms with Crippen molar-refractivity contribution in [1.29, 1.82) is 0 Å². The van der Waals surface area contributed by atoms with Crippen LogP contribution in [0, 0.1) is 5.82 Å². The van der Waals surface area contributed by atoms with Gasteiger partial charge in [0.05, 0.1) is 22.8 Å². The van der Waals surface area contributed by atoms with Crippen molar-refractivity contribution in [3.63, 3.8) is 0 Å². The molecule has 0 spiro atoms. The van der Waals surface area contributed by atoms with Gasteiger partial charge in [-0.25, -0.2) is 4.39 Å². The lowest BCUT2D eigenvalue weighted by Gasteiger charge is -2.15. The number of anilines is 1. The summed E-state index contributed by atoms with van der Waals surface area (Å²) in [4.78, 5) is 35.8. The fourth-order valence-corrected chi connectivity index (χ4v) is 2.12. The average molecular weight is 286 g/mol. The Morgan fingerprint density at radius 1 is 1.42 bits per heavy atom. The molecule has 1 aliphatic rings. The van der Waals surface area contributed by atoms with Gasteiger partial charge in [-0.2, -0.15) is 0 Å². The number of rotatable bonds is 4. The maximum Gasteiger partial charge on any atom is 0.300 e. The first kappa shape index (κ1) is 13.6. The van der Waals surface area contributed by atoms with E-state index in [9.17, 15) is 18.8 Å². The van der Waals surface area contributed by atoms with Gasteiger partial charge in [0.1, 0.15) is 12.4 Å². The van der Waals surface area contributed by atoms with Crippen molar-refractivity contribution in [2.24, 2.45) is 0 Å². The molecule has 7 heteroatoms. The van der Waals surface area contributed by atoms with Gasteiger partial charge in [0, 0.05) is 7.11 Å². The van der Waals surface area contributed by atoms with Gasteiger partial charge in [-0.3, -0.25) is 19.3 Å². The van der Waals surface area contributed by atoms with Crippen LogP contribution in [-0.2, 0) is 14.3 Å². The molecule has 0 fully saturated rings. The normalized spacial score (nSPS) is 13.9. The quantitative estimate of drug-likeness (QED) is 0.781. The fourth-order valence-electron chi connectivity index (χ4n) is 1.89. The number of fused-ring (bicyclic) bond motifs is 1. The van der Waals surface area contributed by atoms with Crippen LogP contribution >= 0.6 is 11.6 Å². The van der Waals surface area contributed by atoms with E-state index in [0.29, 0.717) is 0 Å². The van der Waals surface area contributed by atoms with Crippen LogP contribution in [0.5, 0.6) is 0 Å². The van der Waals surface area contributed by atoms with Gasteiger partial charge in [-0.15, -0.1) is 0 Å². The molecule has 0 saturated heterocycles. The predicted molar refractivity (Wildman–Crippen MR) is 65.0 cm³/mol. The van der Waals surface area contributed by atoms with E-state index in [1.807, 2.05) is 0 Å². The number of Topliss-reactive ketones (excluding diaryl/α,β-unsaturated/α-hetero) is 2. The Kier molecular flexibility index (Phi) is 3.64. The Balaban J connectivity index is 2.44. The molecular formula is C12H9ClFNO4. The van der Waals surface area contributed by atoms with Gasteiger partial charge in [-0.1, -0.05) is 11.6 Å². The van der Waals surface area contributed by atoms with Crippen LogP contribution in [0.4, 0.5) is 10.1 Å². The number of amides is 1. The molecule has 0 unspecified atom stereocenters. The first-order valence-corrected chi connectivity index (χ1v) is 5.70. The van der Waals surface area contributed by atoms with Crippen LogP contribution in [0.3, 0.4) is 0 Å². The van der Waals surface area contributed by atoms with E-state index >= 15 is 0 Å². The summed E-state index contributed by atoms with van der Waals surface area (Å²) in [5.74, 6) is -3.10. The average Bonchev–Trinajstić information content (AvgIpc) is 2.60. The number of ether oxygens (including phenoxy) is 1. The number of hydrogen-bond donors (Lipinski definition) is 0. The molecule has 1 heterocycles. The van der Waals surface area contributed by atoms with Gasteiger partial charge in [0.25, 0.3) is 11.7 Å². The number of halogens is 2. The third kappa shape index (κ3) is 2.24. The Morgan fingerprint density at radius 2 is 2.11 bits per heavy atom. The molecule has 0 aromatic heterocycles. The largest absolute Gasteiger partial charge is 0.377 e. The molecule has 1 amide bonds. The number of carbonyl (C=O) groups is 3. The van der Waals surface area contributed by atoms with E-state index in [2.05, 4.69) is 4.74 Å². The summed E-state index contributed by atoms with van der Waals surface area (Å²) >= 11 is 5.79. The molecule has 0 N–H and O–H groups in total. The highest BCUT2D eigenvalue weighted by Gasteiger charge is 2.40. The highest BCUT2D eigenvalue weighted by atomic mass is 35.5. The Bertz CT molecular complexity index is 587. The molecular weight excluding hydrogens is 277 g/mol. The second-order valence-electron chi connectivity index (χ2n) is 3.94. The SMILES string of the molecule is COCC(=O)CN1C(=O)C(=O)c2c(Cl)ccc(F)c21. The van der Waals surface area contributed by atoms with Crippen molar-refractivity contribution in [3.8, 4) is 0 Å². The molecule has 0 saturated carbocycles. The first-order valence-electron chi connectivity index (χ1n) is 5.32. The Morgan fingerprint density at radius 3 is 2.74 bits per heavy atom. The van der Waals surface area contributed by atoms with Crippen molar-refractivity contribution in [3.05, 3.63) is 28.5 Å². The molecule has 0 atom stereocenters. The van der Waals surface area contributed by atoms with E-state index in [0.717, 1.165) is 11.0 Å². The zero-order chi connectivity index (χ0) is 14.2. The van der Waals surface area contributed by atoms with Crippen LogP contribution < -0.4 is 4.90 Å². The van der Waals surface area contributed by atoms with Gasteiger partial charge < -0.3 is 4.74 Å². The predicted octanol–water partition coefficient (Wildman–Crippen LogP) is 1.22. The highest BCUT2D eigenvalue weighted by molar-refractivity contribution is 6.55. The van der Waals surface area contributed by atoms with E-state index in [-0.39, 0.29) is 22.9 Å². The summed E-state index contributed by atoms with van der Waals surface area (Å²) < 4.78 is 18.4. The summed E-state index contributed by atoms with van der Waals surface area (Å²) in [6, 6.07) is 2.24.